The molecule has 1 fully saturated rings. The molecular formula is C51H91O12P. The van der Waals surface area contributed by atoms with Gasteiger partial charge in [0, 0.05) is 13.0 Å². The number of phosphoric acid groups is 1. The van der Waals surface area contributed by atoms with Gasteiger partial charge in [-0.15, -0.1) is 0 Å². The lowest BCUT2D eigenvalue weighted by Gasteiger charge is -2.41. The first-order valence-electron chi connectivity index (χ1n) is 25.1. The molecule has 13 heteroatoms. The summed E-state index contributed by atoms with van der Waals surface area (Å²) in [5.41, 5.74) is 0. The summed E-state index contributed by atoms with van der Waals surface area (Å²) in [6.45, 7) is 4.15. The van der Waals surface area contributed by atoms with Gasteiger partial charge in [-0.3, -0.25) is 13.8 Å². The lowest BCUT2D eigenvalue weighted by molar-refractivity contribution is -0.220. The second-order valence-electron chi connectivity index (χ2n) is 17.3. The Labute approximate surface area is 387 Å². The number of carbonyl (C=O) groups is 1. The Morgan fingerprint density at radius 3 is 1.41 bits per heavy atom. The number of carbonyl (C=O) groups excluding carboxylic acids is 1. The fourth-order valence-electron chi connectivity index (χ4n) is 7.44. The highest BCUT2D eigenvalue weighted by atomic mass is 31.2. The van der Waals surface area contributed by atoms with E-state index in [4.69, 9.17) is 18.5 Å². The van der Waals surface area contributed by atoms with E-state index in [1.165, 1.54) is 70.6 Å². The van der Waals surface area contributed by atoms with Crippen LogP contribution in [0.25, 0.3) is 0 Å². The van der Waals surface area contributed by atoms with Gasteiger partial charge >= 0.3 is 13.8 Å². The quantitative estimate of drug-likeness (QED) is 0.0147. The molecule has 0 saturated heterocycles. The van der Waals surface area contributed by atoms with Crippen LogP contribution >= 0.6 is 7.82 Å². The molecule has 1 rings (SSSR count). The standard InChI is InChI=1S/C51H91O12P/c1-3-5-7-9-11-13-15-17-19-20-21-22-23-24-25-26-27-28-30-32-34-36-38-40-45(52)62-44(42-60-41-39-37-35-33-31-29-18-16-14-12-10-8-6-4-2)43-61-64(58,59)63-51-49(56)47(54)46(53)48(55)50(51)57/h5,7,11,13,17,19,21-22,24-25,44,46-51,53-57H,3-4,6,8-10,12,14-16,18,20,23,26-43H2,1-2H3,(H,58,59)/b7-5-,13-11-,19-17-,22-21-,25-24-. The summed E-state index contributed by atoms with van der Waals surface area (Å²) in [4.78, 5) is 23.2. The number of allylic oxidation sites excluding steroid dienone is 10. The first-order chi connectivity index (χ1) is 31.0. The number of rotatable bonds is 42. The van der Waals surface area contributed by atoms with Gasteiger partial charge in [-0.1, -0.05) is 190 Å². The molecule has 6 N–H and O–H groups in total. The molecule has 0 aromatic heterocycles. The Morgan fingerprint density at radius 1 is 0.516 bits per heavy atom. The van der Waals surface area contributed by atoms with Crippen LogP contribution < -0.4 is 0 Å². The van der Waals surface area contributed by atoms with Crippen LogP contribution in [-0.4, -0.2) is 98.9 Å². The van der Waals surface area contributed by atoms with Gasteiger partial charge < -0.3 is 39.9 Å². The molecule has 12 nitrogen and oxygen atoms in total. The molecule has 0 spiro atoms. The average molecular weight is 927 g/mol. The zero-order valence-corrected chi connectivity index (χ0v) is 40.7. The normalized spacial score (nSPS) is 22.2. The van der Waals surface area contributed by atoms with Gasteiger partial charge in [0.05, 0.1) is 13.2 Å². The third-order valence-corrected chi connectivity index (χ3v) is 12.4. The van der Waals surface area contributed by atoms with Crippen LogP contribution in [0, 0.1) is 0 Å². The molecule has 0 aliphatic heterocycles. The van der Waals surface area contributed by atoms with Crippen LogP contribution in [0.3, 0.4) is 0 Å². The predicted octanol–water partition coefficient (Wildman–Crippen LogP) is 11.0. The zero-order chi connectivity index (χ0) is 46.9. The molecule has 0 radical (unpaired) electrons. The highest BCUT2D eigenvalue weighted by molar-refractivity contribution is 7.47. The number of hydrogen-bond donors (Lipinski definition) is 6. The monoisotopic (exact) mass is 927 g/mol. The summed E-state index contributed by atoms with van der Waals surface area (Å²) in [6.07, 6.45) is 39.9. The maximum Gasteiger partial charge on any atom is 0.472 e. The van der Waals surface area contributed by atoms with Crippen molar-refractivity contribution >= 4 is 13.8 Å². The zero-order valence-electron chi connectivity index (χ0n) is 39.8. The molecule has 0 heterocycles. The summed E-state index contributed by atoms with van der Waals surface area (Å²) >= 11 is 0. The Hall–Kier alpha value is -1.96. The fourth-order valence-corrected chi connectivity index (χ4v) is 8.41. The smallest absolute Gasteiger partial charge is 0.457 e. The van der Waals surface area contributed by atoms with E-state index in [2.05, 4.69) is 74.6 Å². The van der Waals surface area contributed by atoms with Crippen molar-refractivity contribution in [3.63, 3.8) is 0 Å². The number of aliphatic hydroxyl groups excluding tert-OH is 5. The summed E-state index contributed by atoms with van der Waals surface area (Å²) in [6, 6.07) is 0. The molecule has 372 valence electrons. The molecule has 0 aromatic rings. The van der Waals surface area contributed by atoms with Crippen molar-refractivity contribution in [3.8, 4) is 0 Å². The van der Waals surface area contributed by atoms with Crippen molar-refractivity contribution in [2.45, 2.75) is 236 Å². The maximum atomic E-state index is 12.8. The third kappa shape index (κ3) is 32.7. The van der Waals surface area contributed by atoms with Crippen molar-refractivity contribution in [2.75, 3.05) is 19.8 Å². The molecule has 0 amide bonds. The fraction of sp³-hybridized carbons (Fsp3) is 0.784. The van der Waals surface area contributed by atoms with Gasteiger partial charge in [0.2, 0.25) is 0 Å². The van der Waals surface area contributed by atoms with E-state index in [0.29, 0.717) is 13.0 Å². The predicted molar refractivity (Wildman–Crippen MR) is 258 cm³/mol. The first kappa shape index (κ1) is 60.1. The van der Waals surface area contributed by atoms with Crippen LogP contribution in [0.15, 0.2) is 60.8 Å². The van der Waals surface area contributed by atoms with E-state index >= 15 is 0 Å². The van der Waals surface area contributed by atoms with E-state index < -0.39 is 63.1 Å². The number of aliphatic hydroxyl groups is 5. The largest absolute Gasteiger partial charge is 0.472 e. The Bertz CT molecular complexity index is 1290. The summed E-state index contributed by atoms with van der Waals surface area (Å²) < 4.78 is 34.2. The average Bonchev–Trinajstić information content (AvgIpc) is 3.28. The molecule has 0 bridgehead atoms. The van der Waals surface area contributed by atoms with Gasteiger partial charge in [0.25, 0.3) is 0 Å². The molecule has 1 aliphatic carbocycles. The molecule has 0 aromatic carbocycles. The Morgan fingerprint density at radius 2 is 0.922 bits per heavy atom. The van der Waals surface area contributed by atoms with Crippen molar-refractivity contribution < 1.29 is 58.3 Å². The lowest BCUT2D eigenvalue weighted by atomic mass is 9.85. The van der Waals surface area contributed by atoms with Crippen LogP contribution in [-0.2, 0) is 27.9 Å². The Balaban J connectivity index is 2.35. The summed E-state index contributed by atoms with van der Waals surface area (Å²) in [5.74, 6) is -0.488. The van der Waals surface area contributed by atoms with Gasteiger partial charge in [-0.05, 0) is 57.8 Å². The minimum Gasteiger partial charge on any atom is -0.457 e. The van der Waals surface area contributed by atoms with Crippen molar-refractivity contribution in [2.24, 2.45) is 0 Å². The molecule has 6 unspecified atom stereocenters. The second-order valence-corrected chi connectivity index (χ2v) is 18.7. The van der Waals surface area contributed by atoms with Crippen molar-refractivity contribution in [3.05, 3.63) is 60.8 Å². The third-order valence-electron chi connectivity index (χ3n) is 11.4. The number of ether oxygens (including phenoxy) is 2. The van der Waals surface area contributed by atoms with Gasteiger partial charge in [0.1, 0.15) is 42.7 Å². The van der Waals surface area contributed by atoms with Crippen LogP contribution in [0.2, 0.25) is 0 Å². The van der Waals surface area contributed by atoms with Gasteiger partial charge in [-0.2, -0.15) is 0 Å². The van der Waals surface area contributed by atoms with E-state index in [9.17, 15) is 39.8 Å². The number of unbranched alkanes of at least 4 members (excludes halogenated alkanes) is 20. The SMILES string of the molecule is CC/C=C\C/C=C\C/C=C\C/C=C\C/C=C\CCCCCCCCCC(=O)OC(COCCCCCCCCCCCCCCCC)COP(=O)(O)OC1C(O)C(O)C(O)C(O)C1O. The lowest BCUT2D eigenvalue weighted by Crippen LogP contribution is -2.64. The topological polar surface area (TPSA) is 192 Å². The summed E-state index contributed by atoms with van der Waals surface area (Å²) in [7, 11) is -5.02. The molecular weight excluding hydrogens is 836 g/mol. The van der Waals surface area contributed by atoms with Crippen LogP contribution in [0.4, 0.5) is 0 Å². The van der Waals surface area contributed by atoms with Crippen LogP contribution in [0.1, 0.15) is 194 Å². The van der Waals surface area contributed by atoms with Crippen LogP contribution in [0.5, 0.6) is 0 Å². The first-order valence-corrected chi connectivity index (χ1v) is 26.6. The maximum absolute atomic E-state index is 12.8. The summed E-state index contributed by atoms with van der Waals surface area (Å²) in [5, 5.41) is 50.3. The van der Waals surface area contributed by atoms with E-state index in [1.807, 2.05) is 0 Å². The minimum atomic E-state index is -5.02. The van der Waals surface area contributed by atoms with Gasteiger partial charge in [0.15, 0.2) is 0 Å². The Kier molecular flexibility index (Phi) is 38.7. The molecule has 64 heavy (non-hydrogen) atoms. The number of hydrogen-bond acceptors (Lipinski definition) is 11. The number of phosphoric ester groups is 1. The van der Waals surface area contributed by atoms with Crippen molar-refractivity contribution in [1.82, 2.24) is 0 Å². The molecule has 1 saturated carbocycles. The van der Waals surface area contributed by atoms with E-state index in [1.54, 1.807) is 0 Å². The minimum absolute atomic E-state index is 0.0812. The second kappa shape index (κ2) is 41.2. The van der Waals surface area contributed by atoms with E-state index in [-0.39, 0.29) is 13.0 Å². The molecule has 6 atom stereocenters. The highest BCUT2D eigenvalue weighted by Crippen LogP contribution is 2.47. The van der Waals surface area contributed by atoms with Crippen molar-refractivity contribution in [1.29, 1.82) is 0 Å². The molecule has 1 aliphatic rings. The highest BCUT2D eigenvalue weighted by Gasteiger charge is 2.51. The van der Waals surface area contributed by atoms with Gasteiger partial charge in [-0.25, -0.2) is 4.57 Å². The van der Waals surface area contributed by atoms with E-state index in [0.717, 1.165) is 96.3 Å². The number of esters is 1.